The molecule has 2 N–H and O–H groups in total. The Morgan fingerprint density at radius 3 is 2.78 bits per heavy atom. The van der Waals surface area contributed by atoms with Gasteiger partial charge in [0.05, 0.1) is 17.3 Å². The summed E-state index contributed by atoms with van der Waals surface area (Å²) in [7, 11) is 0. The van der Waals surface area contributed by atoms with Crippen LogP contribution in [0.25, 0.3) is 5.69 Å². The second kappa shape index (κ2) is 6.29. The molecule has 1 aliphatic carbocycles. The third kappa shape index (κ3) is 3.23. The average molecular weight is 335 g/mol. The van der Waals surface area contributed by atoms with Crippen molar-refractivity contribution in [3.8, 4) is 5.69 Å². The van der Waals surface area contributed by atoms with Crippen molar-refractivity contribution in [1.82, 2.24) is 20.1 Å². The zero-order chi connectivity index (χ0) is 16.4. The number of halogens is 1. The van der Waals surface area contributed by atoms with E-state index in [9.17, 15) is 9.90 Å². The number of carbonyl (C=O) groups excluding carboxylic acids is 1. The number of nitrogens with zero attached hydrogens (tertiary/aromatic N) is 3. The smallest absolute Gasteiger partial charge is 0.291 e. The van der Waals surface area contributed by atoms with E-state index in [0.29, 0.717) is 29.5 Å². The molecule has 1 amide bonds. The van der Waals surface area contributed by atoms with Gasteiger partial charge in [-0.05, 0) is 25.0 Å². The maximum absolute atomic E-state index is 12.3. The van der Waals surface area contributed by atoms with E-state index >= 15 is 0 Å². The molecule has 1 heterocycles. The number of aliphatic hydroxyl groups excluding tert-OH is 1. The topological polar surface area (TPSA) is 80.0 Å². The number of benzene rings is 1. The Balaban J connectivity index is 1.81. The Morgan fingerprint density at radius 2 is 2.17 bits per heavy atom. The molecule has 0 atom stereocenters. The molecule has 0 aliphatic heterocycles. The Hall–Kier alpha value is -1.92. The molecule has 122 valence electrons. The van der Waals surface area contributed by atoms with E-state index in [-0.39, 0.29) is 23.8 Å². The lowest BCUT2D eigenvalue weighted by Gasteiger charge is -2.11. The molecule has 1 saturated carbocycles. The Labute approximate surface area is 139 Å². The molecule has 1 aromatic heterocycles. The largest absolute Gasteiger partial charge is 0.396 e. The van der Waals surface area contributed by atoms with Gasteiger partial charge in [-0.1, -0.05) is 30.7 Å². The number of aromatic nitrogens is 3. The first-order chi connectivity index (χ1) is 11.1. The molecule has 6 nitrogen and oxygen atoms in total. The Bertz CT molecular complexity index is 725. The number of aliphatic hydroxyl groups is 1. The number of carbonyl (C=O) groups is 1. The lowest BCUT2D eigenvalue weighted by atomic mass is 10.1. The van der Waals surface area contributed by atoms with Gasteiger partial charge in [-0.2, -0.15) is 0 Å². The van der Waals surface area contributed by atoms with Crippen molar-refractivity contribution in [2.24, 2.45) is 5.41 Å². The molecule has 3 rings (SSSR count). The van der Waals surface area contributed by atoms with Gasteiger partial charge >= 0.3 is 0 Å². The molecule has 0 saturated heterocycles. The number of aryl methyl sites for hydroxylation is 1. The summed E-state index contributed by atoms with van der Waals surface area (Å²) in [5.74, 6) is 0.465. The standard InChI is InChI=1S/C16H19ClN4O2/c1-2-13-19-14(15(23)18-9-16(10-22)7-8-16)20-21(13)12-6-4-3-5-11(12)17/h3-6,22H,2,7-10H2,1H3,(H,18,23). The minimum Gasteiger partial charge on any atom is -0.396 e. The average Bonchev–Trinajstić information content (AvgIpc) is 3.23. The summed E-state index contributed by atoms with van der Waals surface area (Å²) in [5, 5.41) is 17.0. The molecule has 7 heteroatoms. The number of para-hydroxylation sites is 1. The molecule has 23 heavy (non-hydrogen) atoms. The van der Waals surface area contributed by atoms with Crippen LogP contribution in [0.15, 0.2) is 24.3 Å². The first kappa shape index (κ1) is 16.0. The minimum absolute atomic E-state index is 0.0922. The molecule has 0 spiro atoms. The van der Waals surface area contributed by atoms with Gasteiger partial charge in [0, 0.05) is 18.4 Å². The van der Waals surface area contributed by atoms with Crippen LogP contribution in [0.3, 0.4) is 0 Å². The fourth-order valence-electron chi connectivity index (χ4n) is 2.40. The zero-order valence-electron chi connectivity index (χ0n) is 12.9. The first-order valence-electron chi connectivity index (χ1n) is 7.68. The van der Waals surface area contributed by atoms with Gasteiger partial charge in [0.2, 0.25) is 5.82 Å². The van der Waals surface area contributed by atoms with Crippen LogP contribution in [0.2, 0.25) is 5.02 Å². The lowest BCUT2D eigenvalue weighted by Crippen LogP contribution is -2.32. The molecule has 1 aromatic carbocycles. The summed E-state index contributed by atoms with van der Waals surface area (Å²) < 4.78 is 1.61. The number of hydrogen-bond donors (Lipinski definition) is 2. The highest BCUT2D eigenvalue weighted by atomic mass is 35.5. The summed E-state index contributed by atoms with van der Waals surface area (Å²) in [5.41, 5.74) is 0.556. The predicted octanol–water partition coefficient (Wildman–Crippen LogP) is 1.99. The Morgan fingerprint density at radius 1 is 1.43 bits per heavy atom. The van der Waals surface area contributed by atoms with Crippen LogP contribution in [-0.4, -0.2) is 38.9 Å². The Kier molecular flexibility index (Phi) is 4.37. The van der Waals surface area contributed by atoms with Crippen LogP contribution in [0.4, 0.5) is 0 Å². The molecule has 0 radical (unpaired) electrons. The van der Waals surface area contributed by atoms with E-state index in [4.69, 9.17) is 11.6 Å². The lowest BCUT2D eigenvalue weighted by molar-refractivity contribution is 0.0925. The normalized spacial score (nSPS) is 15.4. The van der Waals surface area contributed by atoms with E-state index in [0.717, 1.165) is 12.8 Å². The van der Waals surface area contributed by atoms with Crippen molar-refractivity contribution < 1.29 is 9.90 Å². The van der Waals surface area contributed by atoms with E-state index in [1.165, 1.54) is 0 Å². The van der Waals surface area contributed by atoms with Crippen molar-refractivity contribution in [3.05, 3.63) is 40.9 Å². The van der Waals surface area contributed by atoms with Gasteiger partial charge in [0.1, 0.15) is 5.82 Å². The van der Waals surface area contributed by atoms with Gasteiger partial charge in [0.25, 0.3) is 5.91 Å². The van der Waals surface area contributed by atoms with E-state index in [1.807, 2.05) is 25.1 Å². The number of amides is 1. The summed E-state index contributed by atoms with van der Waals surface area (Å²) in [6.45, 7) is 2.49. The monoisotopic (exact) mass is 334 g/mol. The van der Waals surface area contributed by atoms with Crippen LogP contribution in [0.5, 0.6) is 0 Å². The van der Waals surface area contributed by atoms with Gasteiger partial charge in [-0.15, -0.1) is 5.10 Å². The molecular formula is C16H19ClN4O2. The molecule has 2 aromatic rings. The van der Waals surface area contributed by atoms with Gasteiger partial charge < -0.3 is 10.4 Å². The van der Waals surface area contributed by atoms with E-state index in [2.05, 4.69) is 15.4 Å². The quantitative estimate of drug-likeness (QED) is 0.846. The number of rotatable bonds is 6. The van der Waals surface area contributed by atoms with Crippen molar-refractivity contribution in [2.45, 2.75) is 26.2 Å². The van der Waals surface area contributed by atoms with Gasteiger partial charge in [0.15, 0.2) is 0 Å². The zero-order valence-corrected chi connectivity index (χ0v) is 13.7. The fourth-order valence-corrected chi connectivity index (χ4v) is 2.62. The summed E-state index contributed by atoms with van der Waals surface area (Å²) in [6.07, 6.45) is 2.50. The third-order valence-corrected chi connectivity index (χ3v) is 4.51. The van der Waals surface area contributed by atoms with Crippen molar-refractivity contribution in [3.63, 3.8) is 0 Å². The van der Waals surface area contributed by atoms with Crippen molar-refractivity contribution in [2.75, 3.05) is 13.2 Å². The molecule has 0 unspecified atom stereocenters. The predicted molar refractivity (Wildman–Crippen MR) is 86.8 cm³/mol. The van der Waals surface area contributed by atoms with Crippen molar-refractivity contribution >= 4 is 17.5 Å². The van der Waals surface area contributed by atoms with Gasteiger partial charge in [-0.25, -0.2) is 9.67 Å². The second-order valence-electron chi connectivity index (χ2n) is 5.91. The number of nitrogens with one attached hydrogen (secondary N) is 1. The summed E-state index contributed by atoms with van der Waals surface area (Å²) in [4.78, 5) is 16.6. The van der Waals surface area contributed by atoms with Crippen LogP contribution in [-0.2, 0) is 6.42 Å². The fraction of sp³-hybridized carbons (Fsp3) is 0.438. The maximum atomic E-state index is 12.3. The molecule has 0 bridgehead atoms. The highest BCUT2D eigenvalue weighted by Gasteiger charge is 2.42. The molecule has 1 aliphatic rings. The molecular weight excluding hydrogens is 316 g/mol. The SMILES string of the molecule is CCc1nc(C(=O)NCC2(CO)CC2)nn1-c1ccccc1Cl. The highest BCUT2D eigenvalue weighted by Crippen LogP contribution is 2.44. The van der Waals surface area contributed by atoms with Crippen LogP contribution >= 0.6 is 11.6 Å². The third-order valence-electron chi connectivity index (χ3n) is 4.19. The summed E-state index contributed by atoms with van der Waals surface area (Å²) >= 11 is 6.21. The van der Waals surface area contributed by atoms with Crippen LogP contribution < -0.4 is 5.32 Å². The van der Waals surface area contributed by atoms with E-state index in [1.54, 1.807) is 10.7 Å². The molecule has 1 fully saturated rings. The minimum atomic E-state index is -0.328. The van der Waals surface area contributed by atoms with Crippen LogP contribution in [0, 0.1) is 5.41 Å². The van der Waals surface area contributed by atoms with Crippen molar-refractivity contribution in [1.29, 1.82) is 0 Å². The second-order valence-corrected chi connectivity index (χ2v) is 6.32. The highest BCUT2D eigenvalue weighted by molar-refractivity contribution is 6.32. The first-order valence-corrected chi connectivity index (χ1v) is 8.06. The van der Waals surface area contributed by atoms with Crippen LogP contribution in [0.1, 0.15) is 36.2 Å². The maximum Gasteiger partial charge on any atom is 0.291 e. The number of hydrogen-bond acceptors (Lipinski definition) is 4. The summed E-state index contributed by atoms with van der Waals surface area (Å²) in [6, 6.07) is 7.31. The van der Waals surface area contributed by atoms with Gasteiger partial charge in [-0.3, -0.25) is 4.79 Å². The van der Waals surface area contributed by atoms with E-state index < -0.39 is 0 Å².